The van der Waals surface area contributed by atoms with E-state index >= 15 is 0 Å². The smallest absolute Gasteiger partial charge is 0.191 e. The molecule has 3 atom stereocenters. The molecule has 0 aliphatic carbocycles. The molecule has 2 aliphatic rings. The lowest BCUT2D eigenvalue weighted by molar-refractivity contribution is 0.0992. The van der Waals surface area contributed by atoms with Crippen LogP contribution in [0.2, 0.25) is 0 Å². The van der Waals surface area contributed by atoms with Gasteiger partial charge in [0.2, 0.25) is 0 Å². The largest absolute Gasteiger partial charge is 0.373 e. The highest BCUT2D eigenvalue weighted by Gasteiger charge is 2.41. The molecule has 0 aromatic heterocycles. The van der Waals surface area contributed by atoms with Crippen LogP contribution < -0.4 is 10.6 Å². The minimum Gasteiger partial charge on any atom is -0.373 e. The van der Waals surface area contributed by atoms with E-state index < -0.39 is 5.82 Å². The summed E-state index contributed by atoms with van der Waals surface area (Å²) in [6.45, 7) is 3.15. The normalized spacial score (nSPS) is 26.6. The summed E-state index contributed by atoms with van der Waals surface area (Å²) in [5, 5.41) is 6.60. The first-order valence-electron chi connectivity index (χ1n) is 8.30. The molecule has 2 saturated heterocycles. The average molecular weight is 323 g/mol. The first kappa shape index (κ1) is 16.2. The Bertz CT molecular complexity index is 579. The van der Waals surface area contributed by atoms with Crippen LogP contribution in [0.1, 0.15) is 31.7 Å². The van der Waals surface area contributed by atoms with Crippen molar-refractivity contribution in [1.29, 1.82) is 0 Å². The van der Waals surface area contributed by atoms with Crippen molar-refractivity contribution < 1.29 is 13.5 Å². The van der Waals surface area contributed by atoms with Crippen LogP contribution in [-0.4, -0.2) is 37.3 Å². The molecule has 6 heteroatoms. The van der Waals surface area contributed by atoms with Gasteiger partial charge in [-0.15, -0.1) is 0 Å². The average Bonchev–Trinajstić information content (AvgIpc) is 3.13. The zero-order valence-corrected chi connectivity index (χ0v) is 13.3. The fourth-order valence-electron chi connectivity index (χ4n) is 3.31. The molecule has 2 heterocycles. The monoisotopic (exact) mass is 323 g/mol. The van der Waals surface area contributed by atoms with Gasteiger partial charge >= 0.3 is 0 Å². The second kappa shape index (κ2) is 7.25. The van der Waals surface area contributed by atoms with Gasteiger partial charge in [0, 0.05) is 13.1 Å². The summed E-state index contributed by atoms with van der Waals surface area (Å²) >= 11 is 0. The van der Waals surface area contributed by atoms with Crippen molar-refractivity contribution in [2.24, 2.45) is 4.99 Å². The van der Waals surface area contributed by atoms with Crippen LogP contribution in [-0.2, 0) is 11.2 Å². The summed E-state index contributed by atoms with van der Waals surface area (Å²) in [5.74, 6) is -0.0962. The minimum atomic E-state index is -0.422. The summed E-state index contributed by atoms with van der Waals surface area (Å²) in [5.41, 5.74) is 0.354. The van der Waals surface area contributed by atoms with Crippen molar-refractivity contribution in [3.63, 3.8) is 0 Å². The lowest BCUT2D eigenvalue weighted by Crippen LogP contribution is -2.47. The summed E-state index contributed by atoms with van der Waals surface area (Å²) in [6.07, 6.45) is 4.26. The van der Waals surface area contributed by atoms with Crippen LogP contribution in [0.25, 0.3) is 0 Å². The van der Waals surface area contributed by atoms with Crippen LogP contribution in [0, 0.1) is 11.6 Å². The maximum absolute atomic E-state index is 13.6. The van der Waals surface area contributed by atoms with Crippen LogP contribution >= 0.6 is 0 Å². The summed E-state index contributed by atoms with van der Waals surface area (Å²) in [6, 6.07) is 3.81. The van der Waals surface area contributed by atoms with Gasteiger partial charge in [-0.3, -0.25) is 4.99 Å². The summed E-state index contributed by atoms with van der Waals surface area (Å²) < 4.78 is 32.6. The van der Waals surface area contributed by atoms with Crippen molar-refractivity contribution in [3.8, 4) is 0 Å². The quantitative estimate of drug-likeness (QED) is 0.646. The number of aliphatic imine (C=N–C) groups is 1. The van der Waals surface area contributed by atoms with Gasteiger partial charge in [0.25, 0.3) is 0 Å². The molecule has 2 N–H and O–H groups in total. The van der Waals surface area contributed by atoms with Crippen molar-refractivity contribution in [3.05, 3.63) is 35.4 Å². The van der Waals surface area contributed by atoms with Gasteiger partial charge in [0.15, 0.2) is 5.96 Å². The van der Waals surface area contributed by atoms with Crippen molar-refractivity contribution in [1.82, 2.24) is 10.6 Å². The molecular formula is C17H23F2N3O. The fourth-order valence-corrected chi connectivity index (χ4v) is 3.31. The molecule has 2 aliphatic heterocycles. The lowest BCUT2D eigenvalue weighted by Gasteiger charge is -2.22. The molecular weight excluding hydrogens is 300 g/mol. The Morgan fingerprint density at radius 1 is 1.35 bits per heavy atom. The number of guanidine groups is 1. The van der Waals surface area contributed by atoms with Gasteiger partial charge in [-0.25, -0.2) is 8.78 Å². The van der Waals surface area contributed by atoms with Gasteiger partial charge in [0.05, 0.1) is 18.2 Å². The maximum Gasteiger partial charge on any atom is 0.191 e. The third kappa shape index (κ3) is 3.99. The van der Waals surface area contributed by atoms with E-state index in [1.807, 2.05) is 6.92 Å². The molecule has 2 fully saturated rings. The van der Waals surface area contributed by atoms with Gasteiger partial charge in [-0.05, 0) is 56.4 Å². The number of halogens is 2. The topological polar surface area (TPSA) is 45.7 Å². The predicted molar refractivity (Wildman–Crippen MR) is 85.5 cm³/mol. The number of rotatable bonds is 5. The van der Waals surface area contributed by atoms with Crippen LogP contribution in [0.3, 0.4) is 0 Å². The second-order valence-corrected chi connectivity index (χ2v) is 6.11. The van der Waals surface area contributed by atoms with Crippen molar-refractivity contribution >= 4 is 5.96 Å². The molecule has 126 valence electrons. The van der Waals surface area contributed by atoms with Gasteiger partial charge in [-0.1, -0.05) is 0 Å². The third-order valence-corrected chi connectivity index (χ3v) is 4.43. The van der Waals surface area contributed by atoms with E-state index in [9.17, 15) is 8.78 Å². The predicted octanol–water partition coefficient (Wildman–Crippen LogP) is 2.38. The number of hydrogen-bond acceptors (Lipinski definition) is 2. The SMILES string of the molecule is CCNC(=NCCc1cc(F)ccc1F)NC1CC2CCC1O2. The molecule has 0 amide bonds. The molecule has 2 bridgehead atoms. The number of benzene rings is 1. The highest BCUT2D eigenvalue weighted by atomic mass is 19.1. The second-order valence-electron chi connectivity index (χ2n) is 6.11. The number of hydrogen-bond donors (Lipinski definition) is 2. The molecule has 0 spiro atoms. The molecule has 1 aromatic carbocycles. The summed E-state index contributed by atoms with van der Waals surface area (Å²) in [7, 11) is 0. The maximum atomic E-state index is 13.6. The highest BCUT2D eigenvalue weighted by molar-refractivity contribution is 5.80. The molecule has 0 saturated carbocycles. The van der Waals surface area contributed by atoms with Crippen LogP contribution in [0.15, 0.2) is 23.2 Å². The van der Waals surface area contributed by atoms with E-state index in [0.717, 1.165) is 37.9 Å². The number of nitrogens with one attached hydrogen (secondary N) is 2. The van der Waals surface area contributed by atoms with Crippen molar-refractivity contribution in [2.45, 2.75) is 50.9 Å². The Labute approximate surface area is 135 Å². The zero-order valence-electron chi connectivity index (χ0n) is 13.3. The van der Waals surface area contributed by atoms with E-state index in [2.05, 4.69) is 15.6 Å². The Morgan fingerprint density at radius 2 is 2.22 bits per heavy atom. The van der Waals surface area contributed by atoms with Gasteiger partial charge in [0.1, 0.15) is 11.6 Å². The fraction of sp³-hybridized carbons (Fsp3) is 0.588. The van der Waals surface area contributed by atoms with Crippen molar-refractivity contribution in [2.75, 3.05) is 13.1 Å². The van der Waals surface area contributed by atoms with Crippen LogP contribution in [0.4, 0.5) is 8.78 Å². The third-order valence-electron chi connectivity index (χ3n) is 4.43. The Kier molecular flexibility index (Phi) is 5.10. The minimum absolute atomic E-state index is 0.268. The van der Waals surface area contributed by atoms with E-state index in [1.54, 1.807) is 0 Å². The summed E-state index contributed by atoms with van der Waals surface area (Å²) in [4.78, 5) is 4.48. The molecule has 4 nitrogen and oxygen atoms in total. The van der Waals surface area contributed by atoms with E-state index in [4.69, 9.17) is 4.74 Å². The van der Waals surface area contributed by atoms with E-state index in [-0.39, 0.29) is 18.0 Å². The highest BCUT2D eigenvalue weighted by Crippen LogP contribution is 2.34. The standard InChI is InChI=1S/C17H23F2N3O/c1-2-20-17(22-15-10-13-4-6-16(15)23-13)21-8-7-11-9-12(18)3-5-14(11)19/h3,5,9,13,15-16H,2,4,6-8,10H2,1H3,(H2,20,21,22). The lowest BCUT2D eigenvalue weighted by atomic mass is 9.96. The van der Waals surface area contributed by atoms with E-state index in [0.29, 0.717) is 30.6 Å². The molecule has 0 radical (unpaired) electrons. The molecule has 1 aromatic rings. The van der Waals surface area contributed by atoms with Gasteiger partial charge < -0.3 is 15.4 Å². The number of nitrogens with zero attached hydrogens (tertiary/aromatic N) is 1. The first-order chi connectivity index (χ1) is 11.2. The first-order valence-corrected chi connectivity index (χ1v) is 8.30. The Morgan fingerprint density at radius 3 is 2.91 bits per heavy atom. The zero-order chi connectivity index (χ0) is 16.2. The Hall–Kier alpha value is -1.69. The number of ether oxygens (including phenoxy) is 1. The Balaban J connectivity index is 1.57. The molecule has 3 rings (SSSR count). The van der Waals surface area contributed by atoms with Gasteiger partial charge in [-0.2, -0.15) is 0 Å². The van der Waals surface area contributed by atoms with Crippen LogP contribution in [0.5, 0.6) is 0 Å². The number of fused-ring (bicyclic) bond motifs is 2. The molecule has 23 heavy (non-hydrogen) atoms. The van der Waals surface area contributed by atoms with E-state index in [1.165, 1.54) is 6.07 Å². The molecule has 3 unspecified atom stereocenters.